The van der Waals surface area contributed by atoms with Crippen LogP contribution in [0.25, 0.3) is 15.9 Å². The van der Waals surface area contributed by atoms with Crippen LogP contribution in [0.2, 0.25) is 0 Å². The van der Waals surface area contributed by atoms with Crippen molar-refractivity contribution in [3.63, 3.8) is 0 Å². The van der Waals surface area contributed by atoms with Gasteiger partial charge in [-0.25, -0.2) is 9.07 Å². The topological polar surface area (TPSA) is 59.0 Å². The second-order valence-corrected chi connectivity index (χ2v) is 7.88. The Morgan fingerprint density at radius 3 is 2.88 bits per heavy atom. The summed E-state index contributed by atoms with van der Waals surface area (Å²) >= 11 is 1.42. The van der Waals surface area contributed by atoms with Gasteiger partial charge in [-0.1, -0.05) is 6.92 Å². The molecule has 0 radical (unpaired) electrons. The molecule has 0 aliphatic carbocycles. The summed E-state index contributed by atoms with van der Waals surface area (Å²) in [7, 11) is 0. The molecule has 5 nitrogen and oxygen atoms in total. The summed E-state index contributed by atoms with van der Waals surface area (Å²) in [6, 6.07) is 8.32. The number of nitrogens with zero attached hydrogens (tertiary/aromatic N) is 2. The molecule has 1 aliphatic heterocycles. The van der Waals surface area contributed by atoms with E-state index < -0.39 is 0 Å². The number of piperidine rings is 1. The van der Waals surface area contributed by atoms with Gasteiger partial charge in [-0.3, -0.25) is 4.79 Å². The fraction of sp³-hybridized carbons (Fsp3) is 0.368. The van der Waals surface area contributed by atoms with Crippen LogP contribution in [0.1, 0.15) is 28.7 Å². The summed E-state index contributed by atoms with van der Waals surface area (Å²) in [6.07, 6.45) is 0.945. The van der Waals surface area contributed by atoms with Gasteiger partial charge in [-0.05, 0) is 62.7 Å². The summed E-state index contributed by atoms with van der Waals surface area (Å²) in [4.78, 5) is 14.3. The normalized spacial score (nSPS) is 20.4. The van der Waals surface area contributed by atoms with Gasteiger partial charge < -0.3 is 10.6 Å². The maximum absolute atomic E-state index is 13.2. The summed E-state index contributed by atoms with van der Waals surface area (Å²) in [5.41, 5.74) is 1.64. The van der Waals surface area contributed by atoms with Crippen LogP contribution < -0.4 is 10.6 Å². The van der Waals surface area contributed by atoms with Gasteiger partial charge in [0.2, 0.25) is 0 Å². The Kier molecular flexibility index (Phi) is 4.50. The van der Waals surface area contributed by atoms with Crippen molar-refractivity contribution in [2.75, 3.05) is 13.1 Å². The number of aryl methyl sites for hydroxylation is 1. The predicted molar refractivity (Wildman–Crippen MR) is 102 cm³/mol. The number of aromatic nitrogens is 2. The highest BCUT2D eigenvalue weighted by Gasteiger charge is 2.24. The minimum atomic E-state index is -0.281. The molecule has 3 aromatic rings. The number of carbonyl (C=O) groups is 1. The number of nitrogens with one attached hydrogen (secondary N) is 2. The monoisotopic (exact) mass is 372 g/mol. The fourth-order valence-corrected chi connectivity index (χ4v) is 4.47. The van der Waals surface area contributed by atoms with Gasteiger partial charge >= 0.3 is 0 Å². The van der Waals surface area contributed by atoms with Crippen molar-refractivity contribution in [2.24, 2.45) is 5.92 Å². The third-order valence-corrected chi connectivity index (χ3v) is 6.05. The van der Waals surface area contributed by atoms with E-state index in [0.717, 1.165) is 41.1 Å². The molecule has 1 fully saturated rings. The molecule has 7 heteroatoms. The van der Waals surface area contributed by atoms with Gasteiger partial charge in [0.05, 0.1) is 16.3 Å². The lowest BCUT2D eigenvalue weighted by Gasteiger charge is -2.30. The lowest BCUT2D eigenvalue weighted by molar-refractivity contribution is 0.0918. The number of thiophene rings is 1. The molecule has 0 bridgehead atoms. The number of rotatable bonds is 3. The van der Waals surface area contributed by atoms with Crippen molar-refractivity contribution in [1.82, 2.24) is 20.4 Å². The van der Waals surface area contributed by atoms with E-state index in [-0.39, 0.29) is 17.8 Å². The molecule has 1 amide bonds. The highest BCUT2D eigenvalue weighted by molar-refractivity contribution is 7.20. The number of hydrogen-bond acceptors (Lipinski definition) is 4. The number of benzene rings is 1. The van der Waals surface area contributed by atoms with Crippen LogP contribution in [0.4, 0.5) is 4.39 Å². The van der Waals surface area contributed by atoms with Crippen molar-refractivity contribution in [3.8, 4) is 5.69 Å². The van der Waals surface area contributed by atoms with E-state index in [9.17, 15) is 9.18 Å². The van der Waals surface area contributed by atoms with E-state index in [1.54, 1.807) is 16.8 Å². The van der Waals surface area contributed by atoms with Crippen molar-refractivity contribution in [1.29, 1.82) is 0 Å². The lowest BCUT2D eigenvalue weighted by atomic mass is 9.95. The molecule has 26 heavy (non-hydrogen) atoms. The summed E-state index contributed by atoms with van der Waals surface area (Å²) in [5.74, 6) is 0.102. The fourth-order valence-electron chi connectivity index (χ4n) is 3.38. The quantitative estimate of drug-likeness (QED) is 0.742. The number of amides is 1. The Balaban J connectivity index is 1.64. The first kappa shape index (κ1) is 17.2. The standard InChI is InChI=1S/C19H21FN4OS/c1-11-10-21-8-7-16(11)22-18(25)17-9-15-12(2)23-24(19(15)26-17)14-5-3-13(20)4-6-14/h3-6,9,11,16,21H,7-8,10H2,1-2H3,(H,22,25). The molecular formula is C19H21FN4OS. The molecule has 0 saturated carbocycles. The summed E-state index contributed by atoms with van der Waals surface area (Å²) in [5, 5.41) is 12.0. The second-order valence-electron chi connectivity index (χ2n) is 6.85. The SMILES string of the molecule is Cc1nn(-c2ccc(F)cc2)c2sc(C(=O)NC3CCNCC3C)cc12. The van der Waals surface area contributed by atoms with Gasteiger partial charge in [0.1, 0.15) is 10.6 Å². The number of fused-ring (bicyclic) bond motifs is 1. The van der Waals surface area contributed by atoms with Crippen molar-refractivity contribution in [3.05, 3.63) is 46.7 Å². The van der Waals surface area contributed by atoms with Crippen molar-refractivity contribution < 1.29 is 9.18 Å². The third kappa shape index (κ3) is 3.12. The van der Waals surface area contributed by atoms with E-state index in [2.05, 4.69) is 22.7 Å². The first-order valence-electron chi connectivity index (χ1n) is 8.79. The number of halogens is 1. The van der Waals surface area contributed by atoms with Gasteiger partial charge in [-0.2, -0.15) is 5.10 Å². The van der Waals surface area contributed by atoms with Crippen LogP contribution in [-0.2, 0) is 0 Å². The minimum Gasteiger partial charge on any atom is -0.348 e. The molecule has 136 valence electrons. The molecule has 2 unspecified atom stereocenters. The van der Waals surface area contributed by atoms with E-state index in [1.165, 1.54) is 23.5 Å². The zero-order valence-electron chi connectivity index (χ0n) is 14.8. The third-order valence-electron chi connectivity index (χ3n) is 4.94. The van der Waals surface area contributed by atoms with Gasteiger partial charge in [0.15, 0.2) is 0 Å². The van der Waals surface area contributed by atoms with Crippen LogP contribution in [-0.4, -0.2) is 34.8 Å². The van der Waals surface area contributed by atoms with Crippen LogP contribution >= 0.6 is 11.3 Å². The second kappa shape index (κ2) is 6.81. The highest BCUT2D eigenvalue weighted by atomic mass is 32.1. The molecule has 1 saturated heterocycles. The highest BCUT2D eigenvalue weighted by Crippen LogP contribution is 2.30. The molecule has 4 rings (SSSR count). The summed E-state index contributed by atoms with van der Waals surface area (Å²) in [6.45, 7) is 5.93. The zero-order chi connectivity index (χ0) is 18.3. The molecule has 1 aliphatic rings. The number of carbonyl (C=O) groups excluding carboxylic acids is 1. The Hall–Kier alpha value is -2.25. The van der Waals surface area contributed by atoms with Crippen LogP contribution in [0, 0.1) is 18.7 Å². The predicted octanol–water partition coefficient (Wildman–Crippen LogP) is 3.26. The largest absolute Gasteiger partial charge is 0.348 e. The Labute approximate surface area is 155 Å². The van der Waals surface area contributed by atoms with E-state index in [4.69, 9.17) is 0 Å². The molecule has 0 spiro atoms. The average molecular weight is 372 g/mol. The number of hydrogen-bond donors (Lipinski definition) is 2. The first-order chi connectivity index (χ1) is 12.5. The van der Waals surface area contributed by atoms with Crippen molar-refractivity contribution in [2.45, 2.75) is 26.3 Å². The minimum absolute atomic E-state index is 0.0324. The molecular weight excluding hydrogens is 351 g/mol. The smallest absolute Gasteiger partial charge is 0.261 e. The zero-order valence-corrected chi connectivity index (χ0v) is 15.6. The lowest BCUT2D eigenvalue weighted by Crippen LogP contribution is -2.48. The molecule has 2 N–H and O–H groups in total. The van der Waals surface area contributed by atoms with Crippen LogP contribution in [0.15, 0.2) is 30.3 Å². The van der Waals surface area contributed by atoms with Gasteiger partial charge in [0, 0.05) is 11.4 Å². The summed E-state index contributed by atoms with van der Waals surface area (Å²) < 4.78 is 15.0. The average Bonchev–Trinajstić information content (AvgIpc) is 3.19. The maximum atomic E-state index is 13.2. The Morgan fingerprint density at radius 1 is 1.38 bits per heavy atom. The van der Waals surface area contributed by atoms with Gasteiger partial charge in [0.25, 0.3) is 5.91 Å². The molecule has 2 atom stereocenters. The van der Waals surface area contributed by atoms with E-state index in [0.29, 0.717) is 10.8 Å². The van der Waals surface area contributed by atoms with Crippen molar-refractivity contribution >= 4 is 27.5 Å². The maximum Gasteiger partial charge on any atom is 0.261 e. The van der Waals surface area contributed by atoms with Crippen LogP contribution in [0.5, 0.6) is 0 Å². The van der Waals surface area contributed by atoms with E-state index in [1.807, 2.05) is 13.0 Å². The molecule has 1 aromatic carbocycles. The van der Waals surface area contributed by atoms with Gasteiger partial charge in [-0.15, -0.1) is 11.3 Å². The van der Waals surface area contributed by atoms with Crippen LogP contribution in [0.3, 0.4) is 0 Å². The van der Waals surface area contributed by atoms with E-state index >= 15 is 0 Å². The Bertz CT molecular complexity index is 947. The first-order valence-corrected chi connectivity index (χ1v) is 9.61. The molecule has 3 heterocycles. The molecule has 2 aromatic heterocycles. The Morgan fingerprint density at radius 2 is 2.15 bits per heavy atom.